The van der Waals surface area contributed by atoms with Crippen molar-refractivity contribution in [2.24, 2.45) is 4.99 Å². The molecule has 4 rings (SSSR count). The molecular formula is C23H21NO. The van der Waals surface area contributed by atoms with Gasteiger partial charge >= 0.3 is 0 Å². The van der Waals surface area contributed by atoms with Gasteiger partial charge in [0.25, 0.3) is 0 Å². The van der Waals surface area contributed by atoms with E-state index in [1.54, 1.807) is 6.08 Å². The molecule has 2 aromatic carbocycles. The molecule has 0 saturated heterocycles. The molecule has 0 fully saturated rings. The van der Waals surface area contributed by atoms with Gasteiger partial charge in [-0.1, -0.05) is 66.7 Å². The Kier molecular flexibility index (Phi) is 3.57. The van der Waals surface area contributed by atoms with Gasteiger partial charge in [0, 0.05) is 11.3 Å². The van der Waals surface area contributed by atoms with E-state index in [0.29, 0.717) is 0 Å². The lowest BCUT2D eigenvalue weighted by molar-refractivity contribution is 0.104. The van der Waals surface area contributed by atoms with E-state index in [4.69, 9.17) is 4.99 Å². The summed E-state index contributed by atoms with van der Waals surface area (Å²) in [5.41, 5.74) is 3.56. The minimum Gasteiger partial charge on any atom is -0.289 e. The first-order chi connectivity index (χ1) is 12.0. The third kappa shape index (κ3) is 2.68. The van der Waals surface area contributed by atoms with Crippen LogP contribution in [-0.2, 0) is 5.41 Å². The second-order valence-corrected chi connectivity index (χ2v) is 7.44. The molecule has 1 unspecified atom stereocenters. The highest BCUT2D eigenvalue weighted by Crippen LogP contribution is 2.46. The summed E-state index contributed by atoms with van der Waals surface area (Å²) in [4.78, 5) is 17.3. The SMILES string of the molecule is CC1(C)CC2(C=CC(=O)c3ccccc32)C(/C=C/c2ccccc2)=N1. The van der Waals surface area contributed by atoms with E-state index >= 15 is 0 Å². The number of benzene rings is 2. The van der Waals surface area contributed by atoms with Crippen molar-refractivity contribution in [1.82, 2.24) is 0 Å². The zero-order valence-corrected chi connectivity index (χ0v) is 14.6. The Hall–Kier alpha value is -2.74. The Morgan fingerprint density at radius 3 is 2.48 bits per heavy atom. The van der Waals surface area contributed by atoms with E-state index in [1.807, 2.05) is 36.4 Å². The number of hydrogen-bond donors (Lipinski definition) is 0. The second-order valence-electron chi connectivity index (χ2n) is 7.44. The van der Waals surface area contributed by atoms with E-state index in [0.717, 1.165) is 28.8 Å². The fourth-order valence-electron chi connectivity index (χ4n) is 4.03. The number of fused-ring (bicyclic) bond motifs is 2. The maximum absolute atomic E-state index is 12.3. The minimum absolute atomic E-state index is 0.0809. The van der Waals surface area contributed by atoms with Crippen molar-refractivity contribution in [3.8, 4) is 0 Å². The molecule has 2 nitrogen and oxygen atoms in total. The highest BCUT2D eigenvalue weighted by Gasteiger charge is 2.47. The molecule has 124 valence electrons. The molecule has 0 aromatic heterocycles. The summed E-state index contributed by atoms with van der Waals surface area (Å²) in [6.07, 6.45) is 8.86. The van der Waals surface area contributed by atoms with E-state index in [2.05, 4.69) is 50.3 Å². The fraction of sp³-hybridized carbons (Fsp3) is 0.217. The number of nitrogens with zero attached hydrogens (tertiary/aromatic N) is 1. The molecule has 2 heteroatoms. The van der Waals surface area contributed by atoms with Crippen molar-refractivity contribution in [3.05, 3.63) is 89.5 Å². The van der Waals surface area contributed by atoms with E-state index in [1.165, 1.54) is 0 Å². The fourth-order valence-corrected chi connectivity index (χ4v) is 4.03. The van der Waals surface area contributed by atoms with Crippen molar-refractivity contribution in [2.75, 3.05) is 0 Å². The molecule has 1 heterocycles. The average Bonchev–Trinajstić information content (AvgIpc) is 2.89. The predicted molar refractivity (Wildman–Crippen MR) is 103 cm³/mol. The van der Waals surface area contributed by atoms with Crippen molar-refractivity contribution in [2.45, 2.75) is 31.2 Å². The van der Waals surface area contributed by atoms with Crippen molar-refractivity contribution >= 4 is 17.6 Å². The van der Waals surface area contributed by atoms with E-state index < -0.39 is 0 Å². The molecule has 0 bridgehead atoms. The summed E-state index contributed by atoms with van der Waals surface area (Å²) >= 11 is 0. The Balaban J connectivity index is 1.84. The lowest BCUT2D eigenvalue weighted by Crippen LogP contribution is -2.35. The lowest BCUT2D eigenvalue weighted by Gasteiger charge is -2.33. The minimum atomic E-state index is -0.320. The van der Waals surface area contributed by atoms with Gasteiger partial charge in [-0.05, 0) is 43.5 Å². The van der Waals surface area contributed by atoms with Crippen molar-refractivity contribution in [3.63, 3.8) is 0 Å². The highest BCUT2D eigenvalue weighted by atomic mass is 16.1. The average molecular weight is 327 g/mol. The number of aliphatic imine (C=N–C) groups is 1. The van der Waals surface area contributed by atoms with Crippen LogP contribution < -0.4 is 0 Å². The topological polar surface area (TPSA) is 29.4 Å². The first-order valence-electron chi connectivity index (χ1n) is 8.67. The van der Waals surface area contributed by atoms with Crippen LogP contribution in [0.2, 0.25) is 0 Å². The predicted octanol–water partition coefficient (Wildman–Crippen LogP) is 5.01. The maximum Gasteiger partial charge on any atom is 0.185 e. The number of hydrogen-bond acceptors (Lipinski definition) is 2. The number of carbonyl (C=O) groups excluding carboxylic acids is 1. The van der Waals surface area contributed by atoms with Gasteiger partial charge in [0.05, 0.1) is 11.0 Å². The summed E-state index contributed by atoms with van der Waals surface area (Å²) in [6, 6.07) is 18.2. The molecule has 0 saturated carbocycles. The second kappa shape index (κ2) is 5.66. The van der Waals surface area contributed by atoms with Crippen molar-refractivity contribution in [1.29, 1.82) is 0 Å². The van der Waals surface area contributed by atoms with E-state index in [9.17, 15) is 4.79 Å². The Morgan fingerprint density at radius 2 is 1.68 bits per heavy atom. The molecule has 0 amide bonds. The normalized spacial score (nSPS) is 23.9. The van der Waals surface area contributed by atoms with Gasteiger partial charge in [-0.3, -0.25) is 9.79 Å². The molecule has 0 radical (unpaired) electrons. The maximum atomic E-state index is 12.3. The summed E-state index contributed by atoms with van der Waals surface area (Å²) < 4.78 is 0. The van der Waals surface area contributed by atoms with Gasteiger partial charge in [0.1, 0.15) is 0 Å². The molecule has 1 atom stereocenters. The van der Waals surface area contributed by atoms with Gasteiger partial charge in [-0.15, -0.1) is 0 Å². The molecule has 25 heavy (non-hydrogen) atoms. The highest BCUT2D eigenvalue weighted by molar-refractivity contribution is 6.15. The summed E-state index contributed by atoms with van der Waals surface area (Å²) in [7, 11) is 0. The zero-order valence-electron chi connectivity index (χ0n) is 14.6. The first kappa shape index (κ1) is 15.8. The van der Waals surface area contributed by atoms with E-state index in [-0.39, 0.29) is 16.7 Å². The van der Waals surface area contributed by atoms with Crippen LogP contribution >= 0.6 is 0 Å². The quantitative estimate of drug-likeness (QED) is 0.762. The molecule has 1 aliphatic carbocycles. The Labute approximate surface area is 148 Å². The zero-order chi connectivity index (χ0) is 17.5. The van der Waals surface area contributed by atoms with Crippen LogP contribution in [0.1, 0.15) is 41.8 Å². The lowest BCUT2D eigenvalue weighted by atomic mass is 9.67. The molecule has 2 aliphatic rings. The van der Waals surface area contributed by atoms with Crippen LogP contribution in [0.15, 0.2) is 77.8 Å². The third-order valence-corrected chi connectivity index (χ3v) is 5.02. The monoisotopic (exact) mass is 327 g/mol. The van der Waals surface area contributed by atoms with Crippen LogP contribution in [0.25, 0.3) is 6.08 Å². The standard InChI is InChI=1S/C23H21NO/c1-22(2)16-23(15-14-20(25)18-10-6-7-11-19(18)23)21(24-22)13-12-17-8-4-3-5-9-17/h3-15H,16H2,1-2H3/b13-12+. The molecule has 0 N–H and O–H groups in total. The number of ketones is 1. The molecule has 2 aromatic rings. The molecule has 1 aliphatic heterocycles. The van der Waals surface area contributed by atoms with Gasteiger partial charge in [0.15, 0.2) is 5.78 Å². The summed E-state index contributed by atoms with van der Waals surface area (Å²) in [5.74, 6) is 0.0809. The van der Waals surface area contributed by atoms with Gasteiger partial charge < -0.3 is 0 Å². The number of rotatable bonds is 2. The van der Waals surface area contributed by atoms with Crippen molar-refractivity contribution < 1.29 is 4.79 Å². The van der Waals surface area contributed by atoms with Crippen LogP contribution in [-0.4, -0.2) is 17.0 Å². The Morgan fingerprint density at radius 1 is 0.960 bits per heavy atom. The smallest absolute Gasteiger partial charge is 0.185 e. The van der Waals surface area contributed by atoms with Gasteiger partial charge in [0.2, 0.25) is 0 Å². The number of carbonyl (C=O) groups is 1. The van der Waals surface area contributed by atoms with Gasteiger partial charge in [-0.2, -0.15) is 0 Å². The molecule has 1 spiro atoms. The van der Waals surface area contributed by atoms with Crippen LogP contribution in [0, 0.1) is 0 Å². The van der Waals surface area contributed by atoms with Crippen LogP contribution in [0.4, 0.5) is 0 Å². The molecular weight excluding hydrogens is 306 g/mol. The summed E-state index contributed by atoms with van der Waals surface area (Å²) in [6.45, 7) is 4.32. The summed E-state index contributed by atoms with van der Waals surface area (Å²) in [5, 5.41) is 0. The largest absolute Gasteiger partial charge is 0.289 e. The van der Waals surface area contributed by atoms with Gasteiger partial charge in [-0.25, -0.2) is 0 Å². The van der Waals surface area contributed by atoms with Crippen LogP contribution in [0.3, 0.4) is 0 Å². The van der Waals surface area contributed by atoms with Crippen LogP contribution in [0.5, 0.6) is 0 Å². The number of allylic oxidation sites excluding steroid dienone is 3. The first-order valence-corrected chi connectivity index (χ1v) is 8.67. The third-order valence-electron chi connectivity index (χ3n) is 5.02. The Bertz CT molecular complexity index is 918.